The highest BCUT2D eigenvalue weighted by atomic mass is 35.5. The Morgan fingerprint density at radius 3 is 2.48 bits per heavy atom. The molecule has 2 aromatic carbocycles. The van der Waals surface area contributed by atoms with E-state index in [1.54, 1.807) is 29.2 Å². The van der Waals surface area contributed by atoms with Gasteiger partial charge in [0.05, 0.1) is 0 Å². The van der Waals surface area contributed by atoms with Gasteiger partial charge in [-0.3, -0.25) is 9.59 Å². The maximum atomic E-state index is 12.4. The number of nitrogens with one attached hydrogen (secondary N) is 1. The van der Waals surface area contributed by atoms with Crippen LogP contribution in [0.1, 0.15) is 42.7 Å². The molecule has 6 heteroatoms. The van der Waals surface area contributed by atoms with Crippen LogP contribution in [-0.4, -0.2) is 36.3 Å². The summed E-state index contributed by atoms with van der Waals surface area (Å²) in [5, 5.41) is 5.50. The first-order valence-electron chi connectivity index (χ1n) is 9.22. The molecular weight excluding hydrogens is 362 g/mol. The molecular formula is C21H27ClN3O2+. The standard InChI is InChI=1S/C21H26ClN3O2/c1-4-25(5-2)21(27)17-9-7-11-19(13-17)24-20(26)14-23-15(3)16-8-6-10-18(22)12-16/h6-13,15,23H,4-5,14H2,1-3H3,(H,24,26)/p+1/t15-/m0/s1. The lowest BCUT2D eigenvalue weighted by Gasteiger charge is -2.19. The Kier molecular flexibility index (Phi) is 7.82. The van der Waals surface area contributed by atoms with E-state index in [4.69, 9.17) is 11.6 Å². The number of anilines is 1. The van der Waals surface area contributed by atoms with Crippen LogP contribution in [0.25, 0.3) is 0 Å². The second kappa shape index (κ2) is 10.1. The Bertz CT molecular complexity index is 791. The zero-order valence-electron chi connectivity index (χ0n) is 16.0. The van der Waals surface area contributed by atoms with E-state index in [-0.39, 0.29) is 24.4 Å². The monoisotopic (exact) mass is 388 g/mol. The molecule has 0 saturated carbocycles. The third kappa shape index (κ3) is 6.08. The highest BCUT2D eigenvalue weighted by Crippen LogP contribution is 2.15. The highest BCUT2D eigenvalue weighted by Gasteiger charge is 2.15. The zero-order valence-corrected chi connectivity index (χ0v) is 16.8. The predicted molar refractivity (Wildman–Crippen MR) is 109 cm³/mol. The summed E-state index contributed by atoms with van der Waals surface area (Å²) in [6.07, 6.45) is 0. The van der Waals surface area contributed by atoms with Crippen molar-refractivity contribution in [2.45, 2.75) is 26.8 Å². The first kappa shape index (κ1) is 20.9. The number of hydrogen-bond acceptors (Lipinski definition) is 2. The van der Waals surface area contributed by atoms with E-state index in [2.05, 4.69) is 5.32 Å². The molecule has 0 bridgehead atoms. The number of hydrogen-bond donors (Lipinski definition) is 2. The summed E-state index contributed by atoms with van der Waals surface area (Å²) in [4.78, 5) is 26.5. The van der Waals surface area contributed by atoms with Crippen molar-refractivity contribution in [1.29, 1.82) is 0 Å². The van der Waals surface area contributed by atoms with Crippen LogP contribution in [-0.2, 0) is 4.79 Å². The fourth-order valence-electron chi connectivity index (χ4n) is 2.85. The maximum Gasteiger partial charge on any atom is 0.279 e. The van der Waals surface area contributed by atoms with Gasteiger partial charge in [0.25, 0.3) is 11.8 Å². The topological polar surface area (TPSA) is 66.0 Å². The fraction of sp³-hybridized carbons (Fsp3) is 0.333. The molecule has 5 nitrogen and oxygen atoms in total. The number of nitrogens with two attached hydrogens (primary N) is 1. The fourth-order valence-corrected chi connectivity index (χ4v) is 3.04. The van der Waals surface area contributed by atoms with Crippen LogP contribution in [0.2, 0.25) is 5.02 Å². The molecule has 0 heterocycles. The summed E-state index contributed by atoms with van der Waals surface area (Å²) in [7, 11) is 0. The lowest BCUT2D eigenvalue weighted by Crippen LogP contribution is -2.86. The van der Waals surface area contributed by atoms with Gasteiger partial charge in [-0.25, -0.2) is 0 Å². The molecule has 2 aromatic rings. The Morgan fingerprint density at radius 2 is 1.81 bits per heavy atom. The number of amides is 2. The minimum atomic E-state index is -0.115. The van der Waals surface area contributed by atoms with Gasteiger partial charge in [0.1, 0.15) is 6.04 Å². The van der Waals surface area contributed by atoms with E-state index in [1.165, 1.54) is 0 Å². The summed E-state index contributed by atoms with van der Waals surface area (Å²) in [6.45, 7) is 7.52. The lowest BCUT2D eigenvalue weighted by molar-refractivity contribution is -0.682. The van der Waals surface area contributed by atoms with E-state index in [0.717, 1.165) is 5.56 Å². The van der Waals surface area contributed by atoms with Crippen LogP contribution in [0.3, 0.4) is 0 Å². The van der Waals surface area contributed by atoms with Gasteiger partial charge in [0.2, 0.25) is 0 Å². The number of benzene rings is 2. The number of carbonyl (C=O) groups is 2. The zero-order chi connectivity index (χ0) is 19.8. The Labute approximate surface area is 165 Å². The van der Waals surface area contributed by atoms with Crippen LogP contribution in [0.15, 0.2) is 48.5 Å². The van der Waals surface area contributed by atoms with E-state index in [1.807, 2.05) is 50.4 Å². The third-order valence-electron chi connectivity index (χ3n) is 4.48. The van der Waals surface area contributed by atoms with Crippen molar-refractivity contribution in [3.8, 4) is 0 Å². The second-order valence-electron chi connectivity index (χ2n) is 6.39. The van der Waals surface area contributed by atoms with Crippen LogP contribution in [0.5, 0.6) is 0 Å². The number of nitrogens with zero attached hydrogens (tertiary/aromatic N) is 1. The Balaban J connectivity index is 1.94. The summed E-state index contributed by atoms with van der Waals surface area (Å²) in [5.41, 5.74) is 2.27. The normalized spacial score (nSPS) is 11.7. The number of halogens is 1. The molecule has 27 heavy (non-hydrogen) atoms. The molecule has 2 rings (SSSR count). The summed E-state index contributed by atoms with van der Waals surface area (Å²) in [6, 6.07) is 14.8. The van der Waals surface area contributed by atoms with Crippen LogP contribution in [0.4, 0.5) is 5.69 Å². The molecule has 1 atom stereocenters. The maximum absolute atomic E-state index is 12.4. The Morgan fingerprint density at radius 1 is 1.11 bits per heavy atom. The van der Waals surface area contributed by atoms with Gasteiger partial charge in [0, 0.05) is 34.9 Å². The van der Waals surface area contributed by atoms with Crippen molar-refractivity contribution < 1.29 is 14.9 Å². The molecule has 0 unspecified atom stereocenters. The molecule has 144 valence electrons. The lowest BCUT2D eigenvalue weighted by atomic mass is 10.1. The van der Waals surface area contributed by atoms with Gasteiger partial charge in [-0.1, -0.05) is 29.8 Å². The van der Waals surface area contributed by atoms with Crippen molar-refractivity contribution in [2.24, 2.45) is 0 Å². The van der Waals surface area contributed by atoms with Crippen LogP contribution in [0, 0.1) is 0 Å². The quantitative estimate of drug-likeness (QED) is 0.729. The van der Waals surface area contributed by atoms with Gasteiger partial charge in [0.15, 0.2) is 6.54 Å². The minimum Gasteiger partial charge on any atom is -0.339 e. The SMILES string of the molecule is CCN(CC)C(=O)c1cccc(NC(=O)C[NH2+][C@@H](C)c2cccc(Cl)c2)c1. The van der Waals surface area contributed by atoms with E-state index < -0.39 is 0 Å². The first-order chi connectivity index (χ1) is 12.9. The first-order valence-corrected chi connectivity index (χ1v) is 9.60. The minimum absolute atomic E-state index is 0.0303. The van der Waals surface area contributed by atoms with Gasteiger partial charge in [-0.15, -0.1) is 0 Å². The molecule has 0 aliphatic heterocycles. The number of quaternary nitrogens is 1. The van der Waals surface area contributed by atoms with E-state index in [9.17, 15) is 9.59 Å². The molecule has 0 aliphatic rings. The van der Waals surface area contributed by atoms with Gasteiger partial charge in [-0.2, -0.15) is 0 Å². The van der Waals surface area contributed by atoms with Crippen LogP contribution >= 0.6 is 11.6 Å². The average molecular weight is 389 g/mol. The van der Waals surface area contributed by atoms with Crippen LogP contribution < -0.4 is 10.6 Å². The van der Waals surface area contributed by atoms with Gasteiger partial charge < -0.3 is 15.5 Å². The largest absolute Gasteiger partial charge is 0.339 e. The van der Waals surface area contributed by atoms with E-state index >= 15 is 0 Å². The summed E-state index contributed by atoms with van der Waals surface area (Å²) < 4.78 is 0. The summed E-state index contributed by atoms with van der Waals surface area (Å²) >= 11 is 6.02. The average Bonchev–Trinajstić information content (AvgIpc) is 2.67. The van der Waals surface area contributed by atoms with Crippen molar-refractivity contribution in [3.63, 3.8) is 0 Å². The molecule has 2 amide bonds. The van der Waals surface area contributed by atoms with Gasteiger partial charge in [-0.05, 0) is 51.1 Å². The van der Waals surface area contributed by atoms with E-state index in [0.29, 0.717) is 29.4 Å². The molecule has 0 radical (unpaired) electrons. The Hall–Kier alpha value is -2.37. The van der Waals surface area contributed by atoms with Crippen molar-refractivity contribution >= 4 is 29.1 Å². The third-order valence-corrected chi connectivity index (χ3v) is 4.71. The molecule has 3 N–H and O–H groups in total. The molecule has 0 fully saturated rings. The predicted octanol–water partition coefficient (Wildman–Crippen LogP) is 3.09. The number of rotatable bonds is 8. The van der Waals surface area contributed by atoms with Gasteiger partial charge >= 0.3 is 0 Å². The van der Waals surface area contributed by atoms with Crippen molar-refractivity contribution in [1.82, 2.24) is 4.90 Å². The smallest absolute Gasteiger partial charge is 0.279 e. The highest BCUT2D eigenvalue weighted by molar-refractivity contribution is 6.30. The van der Waals surface area contributed by atoms with Crippen molar-refractivity contribution in [2.75, 3.05) is 25.0 Å². The molecule has 0 saturated heterocycles. The molecule has 0 aromatic heterocycles. The van der Waals surface area contributed by atoms with Crippen molar-refractivity contribution in [3.05, 3.63) is 64.7 Å². The number of carbonyl (C=O) groups excluding carboxylic acids is 2. The second-order valence-corrected chi connectivity index (χ2v) is 6.83. The summed E-state index contributed by atoms with van der Waals surface area (Å²) in [5.74, 6) is -0.145. The molecule has 0 aliphatic carbocycles. The molecule has 0 spiro atoms.